The Bertz CT molecular complexity index is 816. The summed E-state index contributed by atoms with van der Waals surface area (Å²) in [5.74, 6) is 1.59. The number of ether oxygens (including phenoxy) is 1. The van der Waals surface area contributed by atoms with E-state index in [0.717, 1.165) is 23.8 Å². The molecule has 1 atom stereocenters. The van der Waals surface area contributed by atoms with Crippen molar-refractivity contribution in [2.24, 2.45) is 5.92 Å². The Kier molecular flexibility index (Phi) is 9.53. The van der Waals surface area contributed by atoms with Gasteiger partial charge in [-0.2, -0.15) is 4.98 Å². The van der Waals surface area contributed by atoms with Crippen LogP contribution in [0.5, 0.6) is 0 Å². The Labute approximate surface area is 195 Å². The molecule has 1 N–H and O–H groups in total. The predicted molar refractivity (Wildman–Crippen MR) is 125 cm³/mol. The Balaban J connectivity index is 1.55. The molecule has 2 heterocycles. The minimum absolute atomic E-state index is 0.113. The maximum absolute atomic E-state index is 12.5. The lowest BCUT2D eigenvalue weighted by Crippen LogP contribution is -2.25. The van der Waals surface area contributed by atoms with Crippen LogP contribution < -0.4 is 4.72 Å². The minimum Gasteiger partial charge on any atom is -0.460 e. The van der Waals surface area contributed by atoms with Gasteiger partial charge in [-0.1, -0.05) is 56.2 Å². The van der Waals surface area contributed by atoms with E-state index in [4.69, 9.17) is 9.26 Å². The summed E-state index contributed by atoms with van der Waals surface area (Å²) in [6.07, 6.45) is 11.9. The number of rotatable bonds is 11. The predicted octanol–water partition coefficient (Wildman–Crippen LogP) is 5.83. The van der Waals surface area contributed by atoms with Gasteiger partial charge in [-0.25, -0.2) is 4.98 Å². The van der Waals surface area contributed by atoms with E-state index in [-0.39, 0.29) is 18.3 Å². The first-order chi connectivity index (χ1) is 15.4. The van der Waals surface area contributed by atoms with Gasteiger partial charge in [-0.3, -0.25) is 9.52 Å². The molecule has 3 rings (SSSR count). The molecule has 0 aromatic carbocycles. The van der Waals surface area contributed by atoms with E-state index in [1.165, 1.54) is 50.5 Å². The Morgan fingerprint density at radius 1 is 1.28 bits per heavy atom. The molecule has 0 amide bonds. The van der Waals surface area contributed by atoms with E-state index in [1.807, 2.05) is 39.0 Å². The van der Waals surface area contributed by atoms with Gasteiger partial charge in [-0.05, 0) is 57.2 Å². The summed E-state index contributed by atoms with van der Waals surface area (Å²) in [4.78, 5) is 21.3. The van der Waals surface area contributed by atoms with Crippen molar-refractivity contribution in [1.82, 2.24) is 19.8 Å². The Morgan fingerprint density at radius 2 is 2.09 bits per heavy atom. The van der Waals surface area contributed by atoms with Crippen LogP contribution in [0.1, 0.15) is 96.2 Å². The van der Waals surface area contributed by atoms with Crippen LogP contribution >= 0.6 is 11.9 Å². The molecule has 8 heteroatoms. The largest absolute Gasteiger partial charge is 0.460 e. The van der Waals surface area contributed by atoms with Crippen LogP contribution in [0.4, 0.5) is 0 Å². The van der Waals surface area contributed by atoms with Crippen LogP contribution in [0.25, 0.3) is 0 Å². The molecule has 1 fully saturated rings. The van der Waals surface area contributed by atoms with Crippen LogP contribution in [0, 0.1) is 5.92 Å². The number of aromatic nitrogens is 3. The van der Waals surface area contributed by atoms with Crippen molar-refractivity contribution in [1.29, 1.82) is 0 Å². The van der Waals surface area contributed by atoms with Crippen molar-refractivity contribution < 1.29 is 14.1 Å². The summed E-state index contributed by atoms with van der Waals surface area (Å²) in [7, 11) is 0. The fourth-order valence-corrected chi connectivity index (χ4v) is 4.72. The van der Waals surface area contributed by atoms with Crippen LogP contribution in [-0.4, -0.2) is 26.7 Å². The summed E-state index contributed by atoms with van der Waals surface area (Å²) < 4.78 is 14.3. The minimum atomic E-state index is -0.504. The topological polar surface area (TPSA) is 90.1 Å². The summed E-state index contributed by atoms with van der Waals surface area (Å²) in [5.41, 5.74) is -0.504. The fraction of sp³-hybridized carbons (Fsp3) is 0.667. The zero-order valence-corrected chi connectivity index (χ0v) is 20.3. The average Bonchev–Trinajstić information content (AvgIpc) is 3.22. The SMILES string of the molecule is CC(C)(C)OC(=O)C[C@@H](CCCC1CCCCC1)c1nc(CNSc2ccccn2)no1. The molecule has 7 nitrogen and oxygen atoms in total. The third-order valence-electron chi connectivity index (χ3n) is 5.60. The molecule has 0 bridgehead atoms. The van der Waals surface area contributed by atoms with Crippen LogP contribution in [0.2, 0.25) is 0 Å². The monoisotopic (exact) mass is 460 g/mol. The number of carbonyl (C=O) groups is 1. The number of pyridine rings is 1. The second-order valence-corrected chi connectivity index (χ2v) is 10.5. The van der Waals surface area contributed by atoms with E-state index in [2.05, 4.69) is 19.8 Å². The number of nitrogens with one attached hydrogen (secondary N) is 1. The lowest BCUT2D eigenvalue weighted by Gasteiger charge is -2.23. The molecule has 0 spiro atoms. The van der Waals surface area contributed by atoms with E-state index in [0.29, 0.717) is 18.3 Å². The zero-order valence-electron chi connectivity index (χ0n) is 19.5. The van der Waals surface area contributed by atoms with E-state index in [9.17, 15) is 4.79 Å². The van der Waals surface area contributed by atoms with Gasteiger partial charge in [0, 0.05) is 12.1 Å². The molecule has 1 aliphatic carbocycles. The van der Waals surface area contributed by atoms with Gasteiger partial charge < -0.3 is 9.26 Å². The first-order valence-corrected chi connectivity index (χ1v) is 12.6. The normalized spacial score (nSPS) is 16.1. The molecule has 32 heavy (non-hydrogen) atoms. The van der Waals surface area contributed by atoms with Crippen molar-refractivity contribution in [2.45, 2.75) is 102 Å². The van der Waals surface area contributed by atoms with Crippen molar-refractivity contribution in [3.05, 3.63) is 36.1 Å². The van der Waals surface area contributed by atoms with E-state index >= 15 is 0 Å². The maximum Gasteiger partial charge on any atom is 0.307 e. The molecular weight excluding hydrogens is 424 g/mol. The number of hydrogen-bond acceptors (Lipinski definition) is 8. The molecule has 2 aromatic rings. The van der Waals surface area contributed by atoms with Crippen molar-refractivity contribution >= 4 is 17.9 Å². The van der Waals surface area contributed by atoms with E-state index < -0.39 is 5.60 Å². The van der Waals surface area contributed by atoms with E-state index in [1.54, 1.807) is 6.20 Å². The first kappa shape index (κ1) is 24.7. The highest BCUT2D eigenvalue weighted by Gasteiger charge is 2.26. The molecule has 0 aliphatic heterocycles. The van der Waals surface area contributed by atoms with Gasteiger partial charge in [0.25, 0.3) is 0 Å². The van der Waals surface area contributed by atoms with Gasteiger partial charge in [-0.15, -0.1) is 0 Å². The average molecular weight is 461 g/mol. The molecule has 0 saturated heterocycles. The highest BCUT2D eigenvalue weighted by molar-refractivity contribution is 7.97. The third-order valence-corrected chi connectivity index (χ3v) is 6.34. The molecule has 2 aromatic heterocycles. The Hall–Kier alpha value is -1.93. The summed E-state index contributed by atoms with van der Waals surface area (Å²) in [6.45, 7) is 6.11. The maximum atomic E-state index is 12.5. The van der Waals surface area contributed by atoms with Gasteiger partial charge >= 0.3 is 5.97 Å². The number of carbonyl (C=O) groups excluding carboxylic acids is 1. The number of hydrogen-bond donors (Lipinski definition) is 1. The van der Waals surface area contributed by atoms with Crippen molar-refractivity contribution in [3.8, 4) is 0 Å². The van der Waals surface area contributed by atoms with Crippen molar-refractivity contribution in [3.63, 3.8) is 0 Å². The fourth-order valence-electron chi connectivity index (χ4n) is 4.11. The quantitative estimate of drug-likeness (QED) is 0.331. The lowest BCUT2D eigenvalue weighted by molar-refractivity contribution is -0.155. The zero-order chi connectivity index (χ0) is 22.8. The summed E-state index contributed by atoms with van der Waals surface area (Å²) in [5, 5.41) is 4.99. The third kappa shape index (κ3) is 8.90. The van der Waals surface area contributed by atoms with Gasteiger partial charge in [0.15, 0.2) is 5.82 Å². The standard InChI is InChI=1S/C24H36N4O3S/c1-24(2,3)30-22(29)16-19(13-9-12-18-10-5-4-6-11-18)23-27-20(28-31-23)17-26-32-21-14-7-8-15-25-21/h7-8,14-15,18-19,26H,4-6,9-13,16-17H2,1-3H3/t19-/m1/s1. The van der Waals surface area contributed by atoms with Gasteiger partial charge in [0.1, 0.15) is 10.6 Å². The second kappa shape index (κ2) is 12.3. The molecular formula is C24H36N4O3S. The highest BCUT2D eigenvalue weighted by Crippen LogP contribution is 2.31. The van der Waals surface area contributed by atoms with Crippen LogP contribution in [0.3, 0.4) is 0 Å². The smallest absolute Gasteiger partial charge is 0.307 e. The molecule has 0 radical (unpaired) electrons. The highest BCUT2D eigenvalue weighted by atomic mass is 32.2. The summed E-state index contributed by atoms with van der Waals surface area (Å²) in [6, 6.07) is 5.76. The lowest BCUT2D eigenvalue weighted by atomic mass is 9.84. The molecule has 1 aliphatic rings. The Morgan fingerprint density at radius 3 is 2.81 bits per heavy atom. The number of nitrogens with zero attached hydrogens (tertiary/aromatic N) is 3. The first-order valence-electron chi connectivity index (χ1n) is 11.7. The molecule has 176 valence electrons. The van der Waals surface area contributed by atoms with Crippen LogP contribution in [-0.2, 0) is 16.1 Å². The number of esters is 1. The summed E-state index contributed by atoms with van der Waals surface area (Å²) >= 11 is 1.42. The van der Waals surface area contributed by atoms with Crippen LogP contribution in [0.15, 0.2) is 33.9 Å². The van der Waals surface area contributed by atoms with Crippen molar-refractivity contribution in [2.75, 3.05) is 0 Å². The van der Waals surface area contributed by atoms with Gasteiger partial charge in [0.2, 0.25) is 5.89 Å². The second-order valence-electron chi connectivity index (χ2n) is 9.56. The van der Waals surface area contributed by atoms with Gasteiger partial charge in [0.05, 0.1) is 13.0 Å². The molecule has 0 unspecified atom stereocenters. The molecule has 1 saturated carbocycles.